The Labute approximate surface area is 60.0 Å². The Morgan fingerprint density at radius 2 is 2.20 bits per heavy atom. The fourth-order valence-electron chi connectivity index (χ4n) is 1.31. The lowest BCUT2D eigenvalue weighted by Gasteiger charge is -2.25. The van der Waals surface area contributed by atoms with Crippen molar-refractivity contribution in [2.45, 2.75) is 25.3 Å². The van der Waals surface area contributed by atoms with Gasteiger partial charge in [-0.15, -0.1) is 0 Å². The first-order valence-corrected chi connectivity index (χ1v) is 3.41. The summed E-state index contributed by atoms with van der Waals surface area (Å²) in [5.74, 6) is 0. The van der Waals surface area contributed by atoms with Crippen LogP contribution in [0.2, 0.25) is 0 Å². The molecule has 56 valence electrons. The van der Waals surface area contributed by atoms with Crippen LogP contribution in [0.1, 0.15) is 19.8 Å². The molecule has 0 bridgehead atoms. The Balaban J connectivity index is 2.74. The largest absolute Gasteiger partial charge is 0.333 e. The fraction of sp³-hybridized carbons (Fsp3) is 0.714. The fourth-order valence-corrected chi connectivity index (χ4v) is 1.31. The quantitative estimate of drug-likeness (QED) is 0.515. The SMILES string of the molecule is C[C@@]1(C=O)CCCN1C=O. The highest BCUT2D eigenvalue weighted by atomic mass is 16.1. The van der Waals surface area contributed by atoms with E-state index in [0.717, 1.165) is 32.1 Å². The Hall–Kier alpha value is -0.860. The number of carbonyl (C=O) groups is 2. The van der Waals surface area contributed by atoms with Gasteiger partial charge in [-0.05, 0) is 19.8 Å². The van der Waals surface area contributed by atoms with Crippen LogP contribution in [-0.4, -0.2) is 29.7 Å². The average molecular weight is 141 g/mol. The first-order valence-electron chi connectivity index (χ1n) is 3.41. The number of amides is 1. The van der Waals surface area contributed by atoms with Crippen LogP contribution >= 0.6 is 0 Å². The maximum atomic E-state index is 10.5. The molecule has 3 nitrogen and oxygen atoms in total. The molecule has 1 saturated heterocycles. The summed E-state index contributed by atoms with van der Waals surface area (Å²) < 4.78 is 0. The summed E-state index contributed by atoms with van der Waals surface area (Å²) in [5, 5.41) is 0. The first-order chi connectivity index (χ1) is 4.73. The van der Waals surface area contributed by atoms with Gasteiger partial charge in [0.1, 0.15) is 6.29 Å². The molecule has 0 aromatic heterocycles. The van der Waals surface area contributed by atoms with Gasteiger partial charge in [0.25, 0.3) is 0 Å². The Kier molecular flexibility index (Phi) is 1.74. The molecule has 0 radical (unpaired) electrons. The highest BCUT2D eigenvalue weighted by Crippen LogP contribution is 2.24. The number of aldehydes is 1. The molecule has 1 fully saturated rings. The number of hydrogen-bond acceptors (Lipinski definition) is 2. The molecule has 1 aliphatic heterocycles. The minimum atomic E-state index is -0.512. The van der Waals surface area contributed by atoms with E-state index >= 15 is 0 Å². The maximum absolute atomic E-state index is 10.5. The van der Waals surface area contributed by atoms with Crippen LogP contribution in [-0.2, 0) is 9.59 Å². The number of hydrogen-bond donors (Lipinski definition) is 0. The van der Waals surface area contributed by atoms with Crippen LogP contribution in [0.3, 0.4) is 0 Å². The van der Waals surface area contributed by atoms with E-state index in [2.05, 4.69) is 0 Å². The van der Waals surface area contributed by atoms with E-state index in [4.69, 9.17) is 0 Å². The van der Waals surface area contributed by atoms with Gasteiger partial charge in [0, 0.05) is 6.54 Å². The highest BCUT2D eigenvalue weighted by Gasteiger charge is 2.34. The molecular formula is C7H11NO2. The summed E-state index contributed by atoms with van der Waals surface area (Å²) in [7, 11) is 0. The van der Waals surface area contributed by atoms with Gasteiger partial charge in [0.15, 0.2) is 0 Å². The van der Waals surface area contributed by atoms with Gasteiger partial charge in [-0.1, -0.05) is 0 Å². The molecule has 0 aliphatic carbocycles. The van der Waals surface area contributed by atoms with Crippen LogP contribution in [0.25, 0.3) is 0 Å². The summed E-state index contributed by atoms with van der Waals surface area (Å²) in [6.45, 7) is 2.51. The molecule has 1 heterocycles. The van der Waals surface area contributed by atoms with E-state index < -0.39 is 5.54 Å². The van der Waals surface area contributed by atoms with E-state index in [0.29, 0.717) is 0 Å². The Morgan fingerprint density at radius 1 is 1.50 bits per heavy atom. The molecule has 0 aromatic rings. The lowest BCUT2D eigenvalue weighted by molar-refractivity contribution is -0.128. The normalized spacial score (nSPS) is 32.3. The summed E-state index contributed by atoms with van der Waals surface area (Å²) in [5.41, 5.74) is -0.512. The standard InChI is InChI=1S/C7H11NO2/c1-7(5-9)3-2-4-8(7)6-10/h5-6H,2-4H2,1H3/t7-/m0/s1. The first kappa shape index (κ1) is 7.25. The Bertz CT molecular complexity index is 158. The van der Waals surface area contributed by atoms with Crippen LogP contribution in [0, 0.1) is 0 Å². The minimum absolute atomic E-state index is 0.512. The van der Waals surface area contributed by atoms with E-state index in [-0.39, 0.29) is 0 Å². The smallest absolute Gasteiger partial charge is 0.210 e. The van der Waals surface area contributed by atoms with E-state index in [1.807, 2.05) is 0 Å². The second-order valence-electron chi connectivity index (χ2n) is 2.88. The molecule has 0 saturated carbocycles. The van der Waals surface area contributed by atoms with Crippen molar-refractivity contribution in [2.75, 3.05) is 6.54 Å². The van der Waals surface area contributed by atoms with Crippen molar-refractivity contribution in [3.05, 3.63) is 0 Å². The van der Waals surface area contributed by atoms with Gasteiger partial charge in [0.2, 0.25) is 6.41 Å². The zero-order chi connectivity index (χ0) is 7.61. The molecule has 1 amide bonds. The van der Waals surface area contributed by atoms with Crippen LogP contribution < -0.4 is 0 Å². The summed E-state index contributed by atoms with van der Waals surface area (Å²) >= 11 is 0. The lowest BCUT2D eigenvalue weighted by atomic mass is 10.0. The number of likely N-dealkylation sites (tertiary alicyclic amines) is 1. The van der Waals surface area contributed by atoms with Gasteiger partial charge in [-0.3, -0.25) is 4.79 Å². The third-order valence-electron chi connectivity index (χ3n) is 2.12. The van der Waals surface area contributed by atoms with E-state index in [9.17, 15) is 9.59 Å². The second kappa shape index (κ2) is 2.40. The van der Waals surface area contributed by atoms with Crippen molar-refractivity contribution < 1.29 is 9.59 Å². The molecule has 1 atom stereocenters. The van der Waals surface area contributed by atoms with Crippen LogP contribution in [0.5, 0.6) is 0 Å². The van der Waals surface area contributed by atoms with Crippen molar-refractivity contribution in [3.63, 3.8) is 0 Å². The minimum Gasteiger partial charge on any atom is -0.333 e. The maximum Gasteiger partial charge on any atom is 0.210 e. The third kappa shape index (κ3) is 0.916. The summed E-state index contributed by atoms with van der Waals surface area (Å²) in [6.07, 6.45) is 3.35. The predicted molar refractivity (Wildman–Crippen MR) is 36.5 cm³/mol. The average Bonchev–Trinajstić information content (AvgIpc) is 2.32. The predicted octanol–water partition coefficient (Wildman–Crippen LogP) is 0.196. The van der Waals surface area contributed by atoms with Crippen molar-refractivity contribution in [1.29, 1.82) is 0 Å². The molecule has 1 rings (SSSR count). The number of rotatable bonds is 2. The van der Waals surface area contributed by atoms with E-state index in [1.54, 1.807) is 11.8 Å². The molecular weight excluding hydrogens is 130 g/mol. The van der Waals surface area contributed by atoms with Gasteiger partial charge in [-0.25, -0.2) is 0 Å². The molecule has 1 aliphatic rings. The summed E-state index contributed by atoms with van der Waals surface area (Å²) in [6, 6.07) is 0. The molecule has 3 heteroatoms. The van der Waals surface area contributed by atoms with Gasteiger partial charge < -0.3 is 9.69 Å². The molecule has 0 aromatic carbocycles. The lowest BCUT2D eigenvalue weighted by Crippen LogP contribution is -2.41. The summed E-state index contributed by atoms with van der Waals surface area (Å²) in [4.78, 5) is 22.4. The van der Waals surface area contributed by atoms with Gasteiger partial charge >= 0.3 is 0 Å². The molecule has 0 spiro atoms. The molecule has 10 heavy (non-hydrogen) atoms. The second-order valence-corrected chi connectivity index (χ2v) is 2.88. The topological polar surface area (TPSA) is 37.4 Å². The molecule has 0 unspecified atom stereocenters. The van der Waals surface area contributed by atoms with Crippen LogP contribution in [0.15, 0.2) is 0 Å². The number of nitrogens with zero attached hydrogens (tertiary/aromatic N) is 1. The van der Waals surface area contributed by atoms with Crippen molar-refractivity contribution in [3.8, 4) is 0 Å². The van der Waals surface area contributed by atoms with Gasteiger partial charge in [0.05, 0.1) is 5.54 Å². The highest BCUT2D eigenvalue weighted by molar-refractivity contribution is 5.69. The number of carbonyl (C=O) groups excluding carboxylic acids is 2. The molecule has 0 N–H and O–H groups in total. The van der Waals surface area contributed by atoms with Gasteiger partial charge in [-0.2, -0.15) is 0 Å². The monoisotopic (exact) mass is 141 g/mol. The zero-order valence-electron chi connectivity index (χ0n) is 6.04. The van der Waals surface area contributed by atoms with Crippen molar-refractivity contribution >= 4 is 12.7 Å². The third-order valence-corrected chi connectivity index (χ3v) is 2.12. The van der Waals surface area contributed by atoms with E-state index in [1.165, 1.54) is 0 Å². The van der Waals surface area contributed by atoms with Crippen LogP contribution in [0.4, 0.5) is 0 Å². The Morgan fingerprint density at radius 3 is 2.60 bits per heavy atom. The van der Waals surface area contributed by atoms with Crippen molar-refractivity contribution in [1.82, 2.24) is 4.90 Å². The van der Waals surface area contributed by atoms with Crippen molar-refractivity contribution in [2.24, 2.45) is 0 Å². The zero-order valence-corrected chi connectivity index (χ0v) is 6.04.